The van der Waals surface area contributed by atoms with Crippen molar-refractivity contribution >= 4 is 38.9 Å². The van der Waals surface area contributed by atoms with Gasteiger partial charge in [-0.3, -0.25) is 4.79 Å². The number of aryl methyl sites for hydroxylation is 1. The van der Waals surface area contributed by atoms with Gasteiger partial charge in [0, 0.05) is 11.6 Å². The highest BCUT2D eigenvalue weighted by Gasteiger charge is 2.23. The first-order chi connectivity index (χ1) is 12.0. The van der Waals surface area contributed by atoms with Crippen molar-refractivity contribution in [3.8, 4) is 0 Å². The van der Waals surface area contributed by atoms with E-state index in [1.54, 1.807) is 18.2 Å². The molecule has 0 aromatic carbocycles. The predicted molar refractivity (Wildman–Crippen MR) is 95.7 cm³/mol. The molecule has 0 aliphatic rings. The molecule has 0 bridgehead atoms. The molecule has 0 spiro atoms. The van der Waals surface area contributed by atoms with Crippen molar-refractivity contribution < 1.29 is 19.1 Å². The molecule has 0 amide bonds. The van der Waals surface area contributed by atoms with Gasteiger partial charge in [0.25, 0.3) is 0 Å². The molecule has 0 fully saturated rings. The van der Waals surface area contributed by atoms with E-state index in [-0.39, 0.29) is 18.8 Å². The van der Waals surface area contributed by atoms with E-state index in [2.05, 4.69) is 0 Å². The van der Waals surface area contributed by atoms with Crippen LogP contribution in [0.25, 0.3) is 15.6 Å². The fraction of sp³-hybridized carbons (Fsp3) is 0.278. The summed E-state index contributed by atoms with van der Waals surface area (Å²) in [5.41, 5.74) is 1.96. The Labute approximate surface area is 147 Å². The number of carbonyl (C=O) groups is 2. The number of nitrogens with zero attached hydrogens (tertiary/aromatic N) is 1. The summed E-state index contributed by atoms with van der Waals surface area (Å²) in [5.74, 6) is -1.16. The van der Waals surface area contributed by atoms with Crippen LogP contribution in [0.5, 0.6) is 0 Å². The lowest BCUT2D eigenvalue weighted by molar-refractivity contribution is 0.0514. The zero-order valence-corrected chi connectivity index (χ0v) is 14.9. The average Bonchev–Trinajstić information content (AvgIpc) is 2.86. The number of hydrogen-bond donors (Lipinski definition) is 0. The highest BCUT2D eigenvalue weighted by Crippen LogP contribution is 2.30. The van der Waals surface area contributed by atoms with Crippen molar-refractivity contribution in [2.24, 2.45) is 0 Å². The molecular weight excluding hydrogens is 342 g/mol. The second-order valence-electron chi connectivity index (χ2n) is 5.44. The van der Waals surface area contributed by atoms with E-state index in [0.29, 0.717) is 15.8 Å². The molecule has 0 atom stereocenters. The molecule has 0 aliphatic heterocycles. The topological polar surface area (TPSA) is 74.1 Å². The van der Waals surface area contributed by atoms with Crippen LogP contribution in [-0.2, 0) is 9.47 Å². The number of carbonyl (C=O) groups excluding carboxylic acids is 2. The standard InChI is InChI=1S/C18H17NO5S/c1-4-23-16(20)12-8-11-13-7-6-10(3)9-19(13)14(17(21)24-5-2)15(11)25-18(12)22/h6-9H,4-5H2,1-3H3. The van der Waals surface area contributed by atoms with E-state index in [1.165, 1.54) is 6.07 Å². The molecule has 0 aliphatic carbocycles. The lowest BCUT2D eigenvalue weighted by Gasteiger charge is -2.03. The average molecular weight is 359 g/mol. The van der Waals surface area contributed by atoms with Crippen molar-refractivity contribution in [1.82, 2.24) is 4.40 Å². The minimum absolute atomic E-state index is 0.0252. The van der Waals surface area contributed by atoms with E-state index in [9.17, 15) is 14.4 Å². The molecule has 0 saturated carbocycles. The Hall–Kier alpha value is -2.67. The zero-order chi connectivity index (χ0) is 18.1. The second kappa shape index (κ2) is 6.68. The van der Waals surface area contributed by atoms with Crippen LogP contribution in [0, 0.1) is 6.92 Å². The molecule has 0 unspecified atom stereocenters. The number of fused-ring (bicyclic) bond motifs is 3. The third kappa shape index (κ3) is 2.91. The van der Waals surface area contributed by atoms with Crippen LogP contribution in [0.2, 0.25) is 0 Å². The third-order valence-corrected chi connectivity index (χ3v) is 4.76. The maximum atomic E-state index is 12.4. The first-order valence-corrected chi connectivity index (χ1v) is 8.72. The fourth-order valence-corrected chi connectivity index (χ4v) is 3.69. The molecule has 130 valence electrons. The monoisotopic (exact) mass is 359 g/mol. The summed E-state index contributed by atoms with van der Waals surface area (Å²) in [6.07, 6.45) is 1.81. The molecule has 7 heteroatoms. The normalized spacial score (nSPS) is 11.0. The van der Waals surface area contributed by atoms with Gasteiger partial charge < -0.3 is 13.9 Å². The molecular formula is C18H17NO5S. The van der Waals surface area contributed by atoms with Crippen LogP contribution >= 0.6 is 11.3 Å². The molecule has 0 saturated heterocycles. The highest BCUT2D eigenvalue weighted by molar-refractivity contribution is 7.17. The van der Waals surface area contributed by atoms with Gasteiger partial charge in [0.05, 0.1) is 23.4 Å². The Bertz CT molecular complexity index is 1050. The molecule has 0 N–H and O–H groups in total. The van der Waals surface area contributed by atoms with Crippen LogP contribution in [0.3, 0.4) is 0 Å². The number of rotatable bonds is 4. The summed E-state index contributed by atoms with van der Waals surface area (Å²) in [4.78, 5) is 36.9. The van der Waals surface area contributed by atoms with E-state index in [1.807, 2.05) is 25.3 Å². The molecule has 3 rings (SSSR count). The zero-order valence-electron chi connectivity index (χ0n) is 14.1. The Kier molecular flexibility index (Phi) is 4.59. The number of ether oxygens (including phenoxy) is 2. The van der Waals surface area contributed by atoms with E-state index in [4.69, 9.17) is 9.47 Å². The fourth-order valence-electron chi connectivity index (χ4n) is 2.70. The maximum absolute atomic E-state index is 12.4. The second-order valence-corrected chi connectivity index (χ2v) is 6.42. The summed E-state index contributed by atoms with van der Waals surface area (Å²) in [6, 6.07) is 5.26. The highest BCUT2D eigenvalue weighted by atomic mass is 32.1. The summed E-state index contributed by atoms with van der Waals surface area (Å²) in [7, 11) is 0. The van der Waals surface area contributed by atoms with Gasteiger partial charge in [-0.25, -0.2) is 9.59 Å². The van der Waals surface area contributed by atoms with Gasteiger partial charge in [-0.1, -0.05) is 17.4 Å². The van der Waals surface area contributed by atoms with Crippen LogP contribution in [0.15, 0.2) is 29.2 Å². The molecule has 0 radical (unpaired) electrons. The van der Waals surface area contributed by atoms with Gasteiger partial charge in [0.1, 0.15) is 11.3 Å². The van der Waals surface area contributed by atoms with Crippen LogP contribution in [0.1, 0.15) is 40.3 Å². The van der Waals surface area contributed by atoms with Gasteiger partial charge in [-0.2, -0.15) is 0 Å². The summed E-state index contributed by atoms with van der Waals surface area (Å²) in [6.45, 7) is 5.73. The van der Waals surface area contributed by atoms with Crippen LogP contribution < -0.4 is 4.74 Å². The molecule has 25 heavy (non-hydrogen) atoms. The quantitative estimate of drug-likeness (QED) is 0.669. The molecule has 6 nitrogen and oxygen atoms in total. The summed E-state index contributed by atoms with van der Waals surface area (Å²) in [5, 5.41) is 0.649. The van der Waals surface area contributed by atoms with Gasteiger partial charge in [-0.05, 0) is 38.5 Å². The van der Waals surface area contributed by atoms with Crippen LogP contribution in [0.4, 0.5) is 0 Å². The van der Waals surface area contributed by atoms with Gasteiger partial charge in [-0.15, -0.1) is 0 Å². The van der Waals surface area contributed by atoms with Gasteiger partial charge in [0.2, 0.25) is 4.74 Å². The first kappa shape index (κ1) is 17.2. The SMILES string of the molecule is CCOC(=O)c1cc2c(sc1=O)c(C(=O)OCC)n1cc(C)ccc21. The number of aromatic nitrogens is 1. The lowest BCUT2D eigenvalue weighted by Crippen LogP contribution is -2.14. The lowest BCUT2D eigenvalue weighted by atomic mass is 10.2. The molecule has 3 heterocycles. The van der Waals surface area contributed by atoms with Crippen molar-refractivity contribution in [2.45, 2.75) is 20.8 Å². The number of esters is 2. The Morgan fingerprint density at radius 3 is 2.48 bits per heavy atom. The Morgan fingerprint density at radius 1 is 1.12 bits per heavy atom. The van der Waals surface area contributed by atoms with E-state index in [0.717, 1.165) is 22.4 Å². The summed E-state index contributed by atoms with van der Waals surface area (Å²) >= 11 is 0.857. The van der Waals surface area contributed by atoms with Crippen molar-refractivity contribution in [1.29, 1.82) is 0 Å². The predicted octanol–water partition coefficient (Wildman–Crippen LogP) is 3.18. The van der Waals surface area contributed by atoms with E-state index < -0.39 is 16.7 Å². The smallest absolute Gasteiger partial charge is 0.356 e. The van der Waals surface area contributed by atoms with Crippen molar-refractivity contribution in [3.05, 3.63) is 50.8 Å². The molecule has 3 aromatic rings. The van der Waals surface area contributed by atoms with Crippen LogP contribution in [-0.4, -0.2) is 29.6 Å². The number of pyridine rings is 1. The van der Waals surface area contributed by atoms with Gasteiger partial charge in [0.15, 0.2) is 0 Å². The maximum Gasteiger partial charge on any atom is 0.356 e. The summed E-state index contributed by atoms with van der Waals surface area (Å²) < 4.78 is 11.9. The Balaban J connectivity index is 2.38. The van der Waals surface area contributed by atoms with Crippen molar-refractivity contribution in [3.63, 3.8) is 0 Å². The minimum Gasteiger partial charge on any atom is -0.462 e. The van der Waals surface area contributed by atoms with Crippen molar-refractivity contribution in [2.75, 3.05) is 13.2 Å². The third-order valence-electron chi connectivity index (χ3n) is 3.74. The van der Waals surface area contributed by atoms with E-state index >= 15 is 0 Å². The minimum atomic E-state index is -0.658. The largest absolute Gasteiger partial charge is 0.462 e. The Morgan fingerprint density at radius 2 is 1.80 bits per heavy atom. The first-order valence-electron chi connectivity index (χ1n) is 7.90. The number of hydrogen-bond acceptors (Lipinski definition) is 6. The molecule has 3 aromatic heterocycles. The van der Waals surface area contributed by atoms with Gasteiger partial charge >= 0.3 is 11.9 Å².